The third kappa shape index (κ3) is 6.17. The van der Waals surface area contributed by atoms with E-state index in [1.807, 2.05) is 30.3 Å². The van der Waals surface area contributed by atoms with Crippen molar-refractivity contribution in [2.24, 2.45) is 0 Å². The summed E-state index contributed by atoms with van der Waals surface area (Å²) in [5.74, 6) is 3.37. The molecule has 1 unspecified atom stereocenters. The zero-order chi connectivity index (χ0) is 32.2. The standard InChI is InChI=1S/C36H33NO9/c1-3-4-5-7-14-23-15-10-11-18-25(23)34(41)46-36-29(37-32(39)26-19-12-13-20-27(26)33(37)40)31(43-22(2)38)30-28(44-36)21-42-35(45-30)24-16-8-6-9-17-24/h6,8-13,15-20,28-31,35-36H,3-5,21H2,1-2H3/t28-,29-,30-,31-,35?,36+/m1/s1. The van der Waals surface area contributed by atoms with E-state index in [-0.39, 0.29) is 23.3 Å². The maximum atomic E-state index is 13.8. The van der Waals surface area contributed by atoms with Gasteiger partial charge in [-0.3, -0.25) is 19.3 Å². The second-order valence-electron chi connectivity index (χ2n) is 11.2. The maximum absolute atomic E-state index is 13.8. The van der Waals surface area contributed by atoms with Crippen molar-refractivity contribution in [1.29, 1.82) is 0 Å². The van der Waals surface area contributed by atoms with E-state index < -0.39 is 60.7 Å². The Labute approximate surface area is 266 Å². The minimum absolute atomic E-state index is 0.00955. The van der Waals surface area contributed by atoms with E-state index in [0.717, 1.165) is 17.7 Å². The van der Waals surface area contributed by atoms with E-state index in [2.05, 4.69) is 18.8 Å². The molecule has 3 aromatic carbocycles. The molecule has 6 rings (SSSR count). The second-order valence-corrected chi connectivity index (χ2v) is 11.2. The molecule has 0 bridgehead atoms. The molecule has 10 nitrogen and oxygen atoms in total. The fraction of sp³-hybridized carbons (Fsp3) is 0.333. The van der Waals surface area contributed by atoms with Gasteiger partial charge in [0.05, 0.1) is 23.3 Å². The average molecular weight is 624 g/mol. The Morgan fingerprint density at radius 3 is 2.26 bits per heavy atom. The third-order valence-corrected chi connectivity index (χ3v) is 8.05. The van der Waals surface area contributed by atoms with Crippen LogP contribution in [-0.2, 0) is 28.5 Å². The van der Waals surface area contributed by atoms with E-state index in [4.69, 9.17) is 23.7 Å². The number of benzene rings is 3. The van der Waals surface area contributed by atoms with E-state index in [1.165, 1.54) is 19.1 Å². The van der Waals surface area contributed by atoms with Crippen LogP contribution in [0.2, 0.25) is 0 Å². The summed E-state index contributed by atoms with van der Waals surface area (Å²) in [6.45, 7) is 3.27. The highest BCUT2D eigenvalue weighted by molar-refractivity contribution is 6.21. The number of carbonyl (C=O) groups is 4. The van der Waals surface area contributed by atoms with Crippen molar-refractivity contribution in [2.75, 3.05) is 6.61 Å². The molecule has 10 heteroatoms. The first-order valence-electron chi connectivity index (χ1n) is 15.3. The van der Waals surface area contributed by atoms with Crippen LogP contribution >= 0.6 is 0 Å². The van der Waals surface area contributed by atoms with Gasteiger partial charge in [0.25, 0.3) is 11.8 Å². The van der Waals surface area contributed by atoms with Gasteiger partial charge in [0.1, 0.15) is 18.2 Å². The number of rotatable bonds is 7. The van der Waals surface area contributed by atoms with Gasteiger partial charge in [-0.05, 0) is 30.7 Å². The highest BCUT2D eigenvalue weighted by atomic mass is 16.8. The van der Waals surface area contributed by atoms with Crippen molar-refractivity contribution < 1.29 is 42.9 Å². The topological polar surface area (TPSA) is 118 Å². The first-order valence-corrected chi connectivity index (χ1v) is 15.3. The van der Waals surface area contributed by atoms with Crippen LogP contribution in [0.1, 0.15) is 81.6 Å². The minimum Gasteiger partial charge on any atom is -0.457 e. The van der Waals surface area contributed by atoms with Crippen LogP contribution in [0.15, 0.2) is 78.9 Å². The Morgan fingerprint density at radius 1 is 0.891 bits per heavy atom. The zero-order valence-corrected chi connectivity index (χ0v) is 25.4. The van der Waals surface area contributed by atoms with Gasteiger partial charge in [0.2, 0.25) is 6.29 Å². The summed E-state index contributed by atoms with van der Waals surface area (Å²) < 4.78 is 30.4. The normalized spacial score (nSPS) is 25.1. The molecule has 2 fully saturated rings. The van der Waals surface area contributed by atoms with Gasteiger partial charge >= 0.3 is 11.9 Å². The molecule has 3 aliphatic heterocycles. The molecule has 0 radical (unpaired) electrons. The monoisotopic (exact) mass is 623 g/mol. The maximum Gasteiger partial charge on any atom is 0.341 e. The lowest BCUT2D eigenvalue weighted by Gasteiger charge is -2.49. The molecule has 3 aromatic rings. The first-order chi connectivity index (χ1) is 22.4. The smallest absolute Gasteiger partial charge is 0.341 e. The lowest BCUT2D eigenvalue weighted by molar-refractivity contribution is -0.342. The van der Waals surface area contributed by atoms with Crippen LogP contribution in [0.3, 0.4) is 0 Å². The molecule has 3 aliphatic rings. The van der Waals surface area contributed by atoms with Gasteiger partial charge in [-0.2, -0.15) is 0 Å². The number of ether oxygens (including phenoxy) is 5. The Hall–Kier alpha value is -4.82. The second kappa shape index (κ2) is 13.7. The number of unbranched alkanes of at least 4 members (excludes halogenated alkanes) is 2. The molecular formula is C36H33NO9. The van der Waals surface area contributed by atoms with Crippen LogP contribution < -0.4 is 0 Å². The number of nitrogens with zero attached hydrogens (tertiary/aromatic N) is 1. The highest BCUT2D eigenvalue weighted by Crippen LogP contribution is 2.40. The van der Waals surface area contributed by atoms with Crippen LogP contribution in [0.4, 0.5) is 0 Å². The molecule has 0 saturated carbocycles. The number of imide groups is 1. The van der Waals surface area contributed by atoms with E-state index in [9.17, 15) is 19.2 Å². The van der Waals surface area contributed by atoms with Crippen molar-refractivity contribution >= 4 is 23.8 Å². The summed E-state index contributed by atoms with van der Waals surface area (Å²) >= 11 is 0. The molecule has 6 atom stereocenters. The van der Waals surface area contributed by atoms with Gasteiger partial charge in [-0.25, -0.2) is 4.79 Å². The van der Waals surface area contributed by atoms with E-state index in [0.29, 0.717) is 17.5 Å². The summed E-state index contributed by atoms with van der Waals surface area (Å²) in [6.07, 6.45) is -2.93. The molecule has 236 valence electrons. The highest BCUT2D eigenvalue weighted by Gasteiger charge is 2.58. The SMILES string of the molecule is CCCCC#Cc1ccccc1C(=O)O[C@@H]1O[C@@H]2COC(c3ccccc3)O[C@H]2[C@H](OC(C)=O)[C@H]1N1C(=O)c2ccccc2C1=O. The van der Waals surface area contributed by atoms with Crippen LogP contribution in [0, 0.1) is 11.8 Å². The molecule has 2 amide bonds. The zero-order valence-electron chi connectivity index (χ0n) is 25.4. The predicted octanol–water partition coefficient (Wildman–Crippen LogP) is 4.82. The number of fused-ring (bicyclic) bond motifs is 2. The van der Waals surface area contributed by atoms with Crippen LogP contribution in [0.25, 0.3) is 0 Å². The Morgan fingerprint density at radius 2 is 1.57 bits per heavy atom. The van der Waals surface area contributed by atoms with Crippen LogP contribution in [0.5, 0.6) is 0 Å². The van der Waals surface area contributed by atoms with Gasteiger partial charge in [0, 0.05) is 24.5 Å². The average Bonchev–Trinajstić information content (AvgIpc) is 3.32. The summed E-state index contributed by atoms with van der Waals surface area (Å²) in [5, 5.41) is 0. The summed E-state index contributed by atoms with van der Waals surface area (Å²) in [6, 6.07) is 20.9. The fourth-order valence-electron chi connectivity index (χ4n) is 5.87. The first kappa shape index (κ1) is 31.2. The molecular weight excluding hydrogens is 590 g/mol. The number of hydrogen-bond donors (Lipinski definition) is 0. The minimum atomic E-state index is -1.54. The van der Waals surface area contributed by atoms with E-state index in [1.54, 1.807) is 36.4 Å². The van der Waals surface area contributed by atoms with Gasteiger partial charge in [0.15, 0.2) is 12.4 Å². The van der Waals surface area contributed by atoms with Crippen molar-refractivity contribution in [2.45, 2.75) is 70.0 Å². The number of esters is 2. The summed E-state index contributed by atoms with van der Waals surface area (Å²) in [5.41, 5.74) is 1.70. The van der Waals surface area contributed by atoms with E-state index >= 15 is 0 Å². The van der Waals surface area contributed by atoms with Crippen molar-refractivity contribution in [3.8, 4) is 11.8 Å². The van der Waals surface area contributed by atoms with Crippen molar-refractivity contribution in [3.05, 3.63) is 107 Å². The number of hydrogen-bond acceptors (Lipinski definition) is 9. The largest absolute Gasteiger partial charge is 0.457 e. The number of amides is 2. The summed E-state index contributed by atoms with van der Waals surface area (Å²) in [4.78, 5) is 54.9. The molecule has 0 N–H and O–H groups in total. The summed E-state index contributed by atoms with van der Waals surface area (Å²) in [7, 11) is 0. The molecule has 0 spiro atoms. The fourth-order valence-corrected chi connectivity index (χ4v) is 5.87. The van der Waals surface area contributed by atoms with Crippen molar-refractivity contribution in [3.63, 3.8) is 0 Å². The van der Waals surface area contributed by atoms with Crippen LogP contribution in [-0.4, -0.2) is 65.9 Å². The van der Waals surface area contributed by atoms with Crippen molar-refractivity contribution in [1.82, 2.24) is 4.90 Å². The van der Waals surface area contributed by atoms with Gasteiger partial charge in [-0.15, -0.1) is 0 Å². The molecule has 46 heavy (non-hydrogen) atoms. The lowest BCUT2D eigenvalue weighted by Crippen LogP contribution is -2.68. The Bertz CT molecular complexity index is 1660. The molecule has 0 aromatic heterocycles. The molecule has 2 saturated heterocycles. The Balaban J connectivity index is 1.38. The quantitative estimate of drug-likeness (QED) is 0.158. The predicted molar refractivity (Wildman–Crippen MR) is 163 cm³/mol. The molecule has 3 heterocycles. The van der Waals surface area contributed by atoms with Gasteiger partial charge < -0.3 is 23.7 Å². The number of carbonyl (C=O) groups excluding carboxylic acids is 4. The lowest BCUT2D eigenvalue weighted by atomic mass is 9.94. The van der Waals surface area contributed by atoms with Gasteiger partial charge in [-0.1, -0.05) is 79.8 Å². The third-order valence-electron chi connectivity index (χ3n) is 8.05. The molecule has 0 aliphatic carbocycles. The Kier molecular flexibility index (Phi) is 9.26.